The van der Waals surface area contributed by atoms with Crippen LogP contribution in [0.15, 0.2) is 24.8 Å². The molecule has 0 bridgehead atoms. The van der Waals surface area contributed by atoms with E-state index in [2.05, 4.69) is 46.9 Å². The third-order valence-corrected chi connectivity index (χ3v) is 3.26. The SMILES string of the molecule is CCn1cc(CN(Cc2cnc(C)cn2)CC(C)C)cn1. The number of rotatable bonds is 7. The summed E-state index contributed by atoms with van der Waals surface area (Å²) in [7, 11) is 0. The summed E-state index contributed by atoms with van der Waals surface area (Å²) in [5, 5.41) is 4.35. The maximum atomic E-state index is 4.46. The lowest BCUT2D eigenvalue weighted by molar-refractivity contribution is 0.225. The van der Waals surface area contributed by atoms with E-state index in [1.54, 1.807) is 0 Å². The molecule has 0 spiro atoms. The maximum Gasteiger partial charge on any atom is 0.0727 e. The molecule has 5 nitrogen and oxygen atoms in total. The largest absolute Gasteiger partial charge is 0.293 e. The molecular weight excluding hydrogens is 262 g/mol. The van der Waals surface area contributed by atoms with Crippen LogP contribution in [0.4, 0.5) is 0 Å². The Balaban J connectivity index is 2.04. The molecule has 114 valence electrons. The molecule has 5 heteroatoms. The Morgan fingerprint density at radius 3 is 2.52 bits per heavy atom. The van der Waals surface area contributed by atoms with E-state index >= 15 is 0 Å². The molecular formula is C16H25N5. The maximum absolute atomic E-state index is 4.46. The number of hydrogen-bond acceptors (Lipinski definition) is 4. The molecule has 0 unspecified atom stereocenters. The van der Waals surface area contributed by atoms with Gasteiger partial charge in [-0.25, -0.2) is 0 Å². The van der Waals surface area contributed by atoms with Crippen molar-refractivity contribution in [1.29, 1.82) is 0 Å². The second-order valence-corrected chi connectivity index (χ2v) is 5.92. The Kier molecular flexibility index (Phi) is 5.44. The summed E-state index contributed by atoms with van der Waals surface area (Å²) in [5.41, 5.74) is 3.22. The Labute approximate surface area is 127 Å². The quantitative estimate of drug-likeness (QED) is 0.785. The first-order valence-electron chi connectivity index (χ1n) is 7.58. The zero-order chi connectivity index (χ0) is 15.2. The Morgan fingerprint density at radius 2 is 1.95 bits per heavy atom. The molecule has 0 aliphatic carbocycles. The van der Waals surface area contributed by atoms with Crippen molar-refractivity contribution in [2.45, 2.75) is 47.3 Å². The van der Waals surface area contributed by atoms with Crippen molar-refractivity contribution in [2.24, 2.45) is 5.92 Å². The molecule has 0 atom stereocenters. The standard InChI is InChI=1S/C16H25N5/c1-5-21-11-15(7-19-21)10-20(9-13(2)3)12-16-8-17-14(4)6-18-16/h6-8,11,13H,5,9-10,12H2,1-4H3. The van der Waals surface area contributed by atoms with E-state index < -0.39 is 0 Å². The molecule has 2 heterocycles. The van der Waals surface area contributed by atoms with Gasteiger partial charge in [0.2, 0.25) is 0 Å². The summed E-state index contributed by atoms with van der Waals surface area (Å²) in [6.07, 6.45) is 7.78. The van der Waals surface area contributed by atoms with Crippen LogP contribution < -0.4 is 0 Å². The summed E-state index contributed by atoms with van der Waals surface area (Å²) in [5.74, 6) is 0.615. The zero-order valence-electron chi connectivity index (χ0n) is 13.5. The fourth-order valence-corrected chi connectivity index (χ4v) is 2.35. The summed E-state index contributed by atoms with van der Waals surface area (Å²) in [6, 6.07) is 0. The van der Waals surface area contributed by atoms with Crippen LogP contribution in [-0.4, -0.2) is 31.2 Å². The monoisotopic (exact) mass is 287 g/mol. The topological polar surface area (TPSA) is 46.8 Å². The molecule has 21 heavy (non-hydrogen) atoms. The van der Waals surface area contributed by atoms with Crippen LogP contribution in [-0.2, 0) is 19.6 Å². The molecule has 0 amide bonds. The van der Waals surface area contributed by atoms with Crippen LogP contribution in [0, 0.1) is 12.8 Å². The lowest BCUT2D eigenvalue weighted by atomic mass is 10.2. The molecule has 0 fully saturated rings. The van der Waals surface area contributed by atoms with Gasteiger partial charge in [-0.15, -0.1) is 0 Å². The number of nitrogens with zero attached hydrogens (tertiary/aromatic N) is 5. The van der Waals surface area contributed by atoms with E-state index in [0.29, 0.717) is 5.92 Å². The zero-order valence-corrected chi connectivity index (χ0v) is 13.5. The van der Waals surface area contributed by atoms with Gasteiger partial charge in [0.25, 0.3) is 0 Å². The van der Waals surface area contributed by atoms with Gasteiger partial charge in [0.15, 0.2) is 0 Å². The van der Waals surface area contributed by atoms with Gasteiger partial charge >= 0.3 is 0 Å². The normalized spacial score (nSPS) is 11.5. The highest BCUT2D eigenvalue weighted by molar-refractivity contribution is 5.05. The van der Waals surface area contributed by atoms with Gasteiger partial charge < -0.3 is 0 Å². The number of aryl methyl sites for hydroxylation is 2. The van der Waals surface area contributed by atoms with Crippen molar-refractivity contribution >= 4 is 0 Å². The van der Waals surface area contributed by atoms with E-state index in [4.69, 9.17) is 0 Å². The average molecular weight is 287 g/mol. The van der Waals surface area contributed by atoms with Gasteiger partial charge in [-0.3, -0.25) is 19.5 Å². The van der Waals surface area contributed by atoms with Gasteiger partial charge in [-0.2, -0.15) is 5.10 Å². The van der Waals surface area contributed by atoms with E-state index in [0.717, 1.165) is 37.6 Å². The second kappa shape index (κ2) is 7.31. The molecule has 0 radical (unpaired) electrons. The van der Waals surface area contributed by atoms with Crippen LogP contribution in [0.2, 0.25) is 0 Å². The van der Waals surface area contributed by atoms with Crippen molar-refractivity contribution < 1.29 is 0 Å². The lowest BCUT2D eigenvalue weighted by Gasteiger charge is -2.23. The summed E-state index contributed by atoms with van der Waals surface area (Å²) >= 11 is 0. The van der Waals surface area contributed by atoms with E-state index in [1.807, 2.05) is 30.2 Å². The molecule has 0 aliphatic heterocycles. The van der Waals surface area contributed by atoms with Gasteiger partial charge in [-0.1, -0.05) is 13.8 Å². The van der Waals surface area contributed by atoms with Crippen molar-refractivity contribution in [3.63, 3.8) is 0 Å². The van der Waals surface area contributed by atoms with Crippen molar-refractivity contribution in [1.82, 2.24) is 24.6 Å². The van der Waals surface area contributed by atoms with Crippen LogP contribution in [0.1, 0.15) is 37.7 Å². The minimum Gasteiger partial charge on any atom is -0.293 e. The molecule has 0 N–H and O–H groups in total. The Hall–Kier alpha value is -1.75. The minimum absolute atomic E-state index is 0.615. The number of aromatic nitrogens is 4. The molecule has 0 aromatic carbocycles. The predicted octanol–water partition coefficient (Wildman–Crippen LogP) is 2.66. The third-order valence-electron chi connectivity index (χ3n) is 3.26. The first-order valence-corrected chi connectivity index (χ1v) is 7.58. The minimum atomic E-state index is 0.615. The van der Waals surface area contributed by atoms with Crippen molar-refractivity contribution in [3.8, 4) is 0 Å². The van der Waals surface area contributed by atoms with Crippen molar-refractivity contribution in [3.05, 3.63) is 41.7 Å². The highest BCUT2D eigenvalue weighted by Crippen LogP contribution is 2.10. The van der Waals surface area contributed by atoms with Crippen LogP contribution in [0.5, 0.6) is 0 Å². The van der Waals surface area contributed by atoms with Gasteiger partial charge in [0, 0.05) is 50.3 Å². The molecule has 2 aromatic rings. The fourth-order valence-electron chi connectivity index (χ4n) is 2.35. The molecule has 0 saturated heterocycles. The van der Waals surface area contributed by atoms with Crippen LogP contribution in [0.25, 0.3) is 0 Å². The van der Waals surface area contributed by atoms with E-state index in [-0.39, 0.29) is 0 Å². The smallest absolute Gasteiger partial charge is 0.0727 e. The first kappa shape index (κ1) is 15.6. The summed E-state index contributed by atoms with van der Waals surface area (Å²) in [6.45, 7) is 12.2. The fraction of sp³-hybridized carbons (Fsp3) is 0.562. The third kappa shape index (κ3) is 4.93. The summed E-state index contributed by atoms with van der Waals surface area (Å²) < 4.78 is 1.97. The number of hydrogen-bond donors (Lipinski definition) is 0. The van der Waals surface area contributed by atoms with Gasteiger partial charge in [0.05, 0.1) is 17.6 Å². The molecule has 2 rings (SSSR count). The molecule has 0 saturated carbocycles. The molecule has 0 aliphatic rings. The van der Waals surface area contributed by atoms with Gasteiger partial charge in [-0.05, 0) is 19.8 Å². The summed E-state index contributed by atoms with van der Waals surface area (Å²) in [4.78, 5) is 11.2. The van der Waals surface area contributed by atoms with Gasteiger partial charge in [0.1, 0.15) is 0 Å². The van der Waals surface area contributed by atoms with E-state index in [1.165, 1.54) is 5.56 Å². The Bertz CT molecular complexity index is 544. The lowest BCUT2D eigenvalue weighted by Crippen LogP contribution is -2.27. The predicted molar refractivity (Wildman–Crippen MR) is 83.6 cm³/mol. The van der Waals surface area contributed by atoms with Crippen LogP contribution in [0.3, 0.4) is 0 Å². The average Bonchev–Trinajstić information content (AvgIpc) is 2.88. The Morgan fingerprint density at radius 1 is 1.14 bits per heavy atom. The second-order valence-electron chi connectivity index (χ2n) is 5.92. The first-order chi connectivity index (χ1) is 10.1. The van der Waals surface area contributed by atoms with E-state index in [9.17, 15) is 0 Å². The van der Waals surface area contributed by atoms with Crippen molar-refractivity contribution in [2.75, 3.05) is 6.54 Å². The molecule has 2 aromatic heterocycles. The highest BCUT2D eigenvalue weighted by atomic mass is 15.3. The highest BCUT2D eigenvalue weighted by Gasteiger charge is 2.11. The van der Waals surface area contributed by atoms with Crippen LogP contribution >= 0.6 is 0 Å².